The zero-order valence-electron chi connectivity index (χ0n) is 17.8. The molecular formula is C20H38AsN2O5P. The summed E-state index contributed by atoms with van der Waals surface area (Å²) in [6.45, 7) is 4.54. The van der Waals surface area contributed by atoms with E-state index in [9.17, 15) is 24.2 Å². The van der Waals surface area contributed by atoms with Crippen molar-refractivity contribution < 1.29 is 24.2 Å². The molecule has 7 nitrogen and oxygen atoms in total. The fourth-order valence-electron chi connectivity index (χ4n) is 4.36. The molecule has 9 heteroatoms. The first-order chi connectivity index (χ1) is 13.6. The van der Waals surface area contributed by atoms with Gasteiger partial charge in [0, 0.05) is 0 Å². The van der Waals surface area contributed by atoms with Gasteiger partial charge < -0.3 is 0 Å². The van der Waals surface area contributed by atoms with Gasteiger partial charge in [0.05, 0.1) is 0 Å². The monoisotopic (exact) mass is 492 g/mol. The number of nitrogens with one attached hydrogen (secondary N) is 1. The number of likely N-dealkylation sites (tertiary alicyclic amines) is 1. The molecule has 3 N–H and O–H groups in total. The molecule has 0 aromatic rings. The molecule has 168 valence electrons. The van der Waals surface area contributed by atoms with Crippen LogP contribution in [0.3, 0.4) is 0 Å². The molecule has 0 radical (unpaired) electrons. The van der Waals surface area contributed by atoms with Gasteiger partial charge in [-0.1, -0.05) is 19.3 Å². The van der Waals surface area contributed by atoms with Gasteiger partial charge in [-0.3, -0.25) is 0 Å². The molecule has 1 aliphatic heterocycles. The summed E-state index contributed by atoms with van der Waals surface area (Å²) in [7, 11) is -3.42. The van der Waals surface area contributed by atoms with Gasteiger partial charge in [0.1, 0.15) is 0 Å². The second-order valence-electron chi connectivity index (χ2n) is 9.07. The van der Waals surface area contributed by atoms with E-state index >= 15 is 0 Å². The fraction of sp³-hybridized carbons (Fsp3) is 0.900. The van der Waals surface area contributed by atoms with Gasteiger partial charge in [0.15, 0.2) is 0 Å². The summed E-state index contributed by atoms with van der Waals surface area (Å²) in [5.74, 6) is 0.240. The van der Waals surface area contributed by atoms with Gasteiger partial charge in [-0.2, -0.15) is 0 Å². The van der Waals surface area contributed by atoms with Crippen LogP contribution in [-0.2, 0) is 14.2 Å². The molecule has 0 spiro atoms. The van der Waals surface area contributed by atoms with Gasteiger partial charge in [0.25, 0.3) is 0 Å². The number of carbonyl (C=O) groups is 2. The minimum Gasteiger partial charge on any atom is -0.0533 e. The van der Waals surface area contributed by atoms with Crippen molar-refractivity contribution in [3.63, 3.8) is 0 Å². The molecule has 5 atom stereocenters. The van der Waals surface area contributed by atoms with Crippen molar-refractivity contribution in [2.45, 2.75) is 75.6 Å². The summed E-state index contributed by atoms with van der Waals surface area (Å²) in [6.07, 6.45) is 5.80. The van der Waals surface area contributed by atoms with E-state index in [-0.39, 0.29) is 47.2 Å². The van der Waals surface area contributed by atoms with Crippen LogP contribution in [0.2, 0.25) is 4.71 Å². The minimum atomic E-state index is -3.42. The van der Waals surface area contributed by atoms with E-state index in [1.54, 1.807) is 4.90 Å². The Morgan fingerprint density at radius 3 is 2.45 bits per heavy atom. The van der Waals surface area contributed by atoms with Crippen molar-refractivity contribution in [2.75, 3.05) is 25.4 Å². The molecule has 2 fully saturated rings. The summed E-state index contributed by atoms with van der Waals surface area (Å²) in [6, 6.07) is -0.505. The van der Waals surface area contributed by atoms with Gasteiger partial charge >= 0.3 is 151 Å². The Kier molecular flexibility index (Phi) is 9.72. The van der Waals surface area contributed by atoms with Gasteiger partial charge in [-0.25, -0.2) is 0 Å². The molecule has 0 bridgehead atoms. The Morgan fingerprint density at radius 2 is 1.83 bits per heavy atom. The van der Waals surface area contributed by atoms with Crippen LogP contribution in [0.5, 0.6) is 0 Å². The number of nitrogens with zero attached hydrogens (tertiary/aromatic N) is 1. The first-order valence-corrected chi connectivity index (χ1v) is 14.4. The Labute approximate surface area is 183 Å². The predicted octanol–water partition coefficient (Wildman–Crippen LogP) is 1.38. The SMILES string of the molecule is CC(C)[C@H]([AsH2])C(=O)N1CCCC1C(=O)NC[C@H](O)CP(=O)(O)CC1CCCCC1. The molecule has 1 saturated heterocycles. The molecule has 29 heavy (non-hydrogen) atoms. The van der Waals surface area contributed by atoms with Crippen molar-refractivity contribution in [1.82, 2.24) is 10.2 Å². The number of rotatable bonds is 9. The summed E-state index contributed by atoms with van der Waals surface area (Å²) in [5, 5.41) is 12.9. The van der Waals surface area contributed by atoms with Crippen LogP contribution in [0, 0.1) is 11.8 Å². The van der Waals surface area contributed by atoms with Gasteiger partial charge in [-0.05, 0) is 12.8 Å². The molecule has 0 aromatic heterocycles. The number of carbonyl (C=O) groups excluding carboxylic acids is 2. The molecule has 1 saturated carbocycles. The first-order valence-electron chi connectivity index (χ1n) is 10.9. The standard InChI is InChI=1S/C20H38AsN2O5P/c1-14(2)18(21)20(26)23-10-6-9-17(23)19(25)22-11-16(24)13-29(27,28)12-15-7-4-3-5-8-15/h14-18,24H,3-13,21H2,1-2H3,(H,22,25)(H,27,28)/t16-,17?,18-/m0/s1. The van der Waals surface area contributed by atoms with Crippen molar-refractivity contribution in [2.24, 2.45) is 11.8 Å². The fourth-order valence-corrected chi connectivity index (χ4v) is 6.87. The number of aliphatic hydroxyl groups is 1. The number of hydrogen-bond donors (Lipinski definition) is 3. The van der Waals surface area contributed by atoms with E-state index in [1.165, 1.54) is 23.3 Å². The summed E-state index contributed by atoms with van der Waals surface area (Å²) in [5.41, 5.74) is 0. The van der Waals surface area contributed by atoms with Crippen LogP contribution in [0.15, 0.2) is 0 Å². The third kappa shape index (κ3) is 7.69. The summed E-state index contributed by atoms with van der Waals surface area (Å²) < 4.78 is 12.4. The molecule has 2 rings (SSSR count). The Hall–Kier alpha value is -0.352. The van der Waals surface area contributed by atoms with Crippen LogP contribution in [0.4, 0.5) is 0 Å². The van der Waals surface area contributed by atoms with Crippen molar-refractivity contribution in [3.8, 4) is 0 Å². The van der Waals surface area contributed by atoms with Crippen molar-refractivity contribution in [1.29, 1.82) is 0 Å². The smallest absolute Gasteiger partial charge is 0.0533 e. The number of hydrogen-bond acceptors (Lipinski definition) is 4. The summed E-state index contributed by atoms with van der Waals surface area (Å²) in [4.78, 5) is 37.2. The molecule has 2 amide bonds. The zero-order valence-corrected chi connectivity index (χ0v) is 21.1. The average Bonchev–Trinajstić information content (AvgIpc) is 3.14. The Balaban J connectivity index is 1.81. The predicted molar refractivity (Wildman–Crippen MR) is 117 cm³/mol. The Bertz CT molecular complexity index is 612. The third-order valence-electron chi connectivity index (χ3n) is 6.12. The zero-order chi connectivity index (χ0) is 21.6. The van der Waals surface area contributed by atoms with Crippen LogP contribution in [0.25, 0.3) is 0 Å². The van der Waals surface area contributed by atoms with E-state index in [1.807, 2.05) is 13.8 Å². The first kappa shape index (κ1) is 24.9. The van der Waals surface area contributed by atoms with E-state index in [0.29, 0.717) is 13.0 Å². The third-order valence-corrected chi connectivity index (χ3v) is 10.4. The van der Waals surface area contributed by atoms with Gasteiger partial charge in [-0.15, -0.1) is 0 Å². The van der Waals surface area contributed by atoms with E-state index < -0.39 is 19.5 Å². The molecule has 3 unspecified atom stereocenters. The number of amides is 2. The maximum absolute atomic E-state index is 12.7. The van der Waals surface area contributed by atoms with Gasteiger partial charge in [0.2, 0.25) is 0 Å². The second-order valence-corrected chi connectivity index (χ2v) is 13.0. The molecule has 1 heterocycles. The maximum atomic E-state index is 12.7. The molecule has 0 aromatic carbocycles. The summed E-state index contributed by atoms with van der Waals surface area (Å²) >= 11 is 1.38. The molecule has 1 aliphatic carbocycles. The molecular weight excluding hydrogens is 454 g/mol. The van der Waals surface area contributed by atoms with Crippen molar-refractivity contribution >= 4 is 36.0 Å². The second kappa shape index (κ2) is 11.3. The quantitative estimate of drug-likeness (QED) is 0.333. The van der Waals surface area contributed by atoms with E-state index in [4.69, 9.17) is 0 Å². The number of aliphatic hydroxyl groups excluding tert-OH is 1. The van der Waals surface area contributed by atoms with Crippen LogP contribution < -0.4 is 5.32 Å². The van der Waals surface area contributed by atoms with Crippen molar-refractivity contribution in [3.05, 3.63) is 0 Å². The van der Waals surface area contributed by atoms with Crippen LogP contribution in [0.1, 0.15) is 58.8 Å². The average molecular weight is 492 g/mol. The van der Waals surface area contributed by atoms with Crippen LogP contribution >= 0.6 is 7.37 Å². The normalized spacial score (nSPS) is 24.9. The Morgan fingerprint density at radius 1 is 1.17 bits per heavy atom. The topological polar surface area (TPSA) is 107 Å². The van der Waals surface area contributed by atoms with Crippen LogP contribution in [-0.4, -0.2) is 81.1 Å². The molecule has 2 aliphatic rings. The van der Waals surface area contributed by atoms with E-state index in [2.05, 4.69) is 5.32 Å². The van der Waals surface area contributed by atoms with E-state index in [0.717, 1.165) is 32.1 Å². The minimum absolute atomic E-state index is 0.0190.